The number of hydrogen-bond acceptors (Lipinski definition) is 4. The fourth-order valence-corrected chi connectivity index (χ4v) is 2.07. The smallest absolute Gasteiger partial charge is 0.161 e. The lowest BCUT2D eigenvalue weighted by Gasteiger charge is -2.11. The molecule has 4 nitrogen and oxygen atoms in total. The molecule has 0 bridgehead atoms. The standard InChI is InChI=1S/C14H15BrN2O2/c1-18-14-5-10(6-16)2-3-13(14)19-9-11-4-12(15)8-17-7-11/h2-5,7-8H,6,9,16H2,1H3. The number of aromatic nitrogens is 1. The Morgan fingerprint density at radius 1 is 1.16 bits per heavy atom. The van der Waals surface area contributed by atoms with Crippen molar-refractivity contribution in [3.63, 3.8) is 0 Å². The first kappa shape index (κ1) is 13.8. The van der Waals surface area contributed by atoms with Crippen molar-refractivity contribution in [2.24, 2.45) is 5.73 Å². The van der Waals surface area contributed by atoms with Crippen molar-refractivity contribution in [2.75, 3.05) is 7.11 Å². The Bertz CT molecular complexity index is 561. The molecule has 19 heavy (non-hydrogen) atoms. The predicted octanol–water partition coefficient (Wildman–Crippen LogP) is 2.89. The maximum Gasteiger partial charge on any atom is 0.161 e. The third kappa shape index (κ3) is 3.68. The van der Waals surface area contributed by atoms with Crippen molar-refractivity contribution in [2.45, 2.75) is 13.2 Å². The topological polar surface area (TPSA) is 57.4 Å². The van der Waals surface area contributed by atoms with Gasteiger partial charge < -0.3 is 15.2 Å². The third-order valence-electron chi connectivity index (χ3n) is 2.62. The van der Waals surface area contributed by atoms with E-state index in [1.54, 1.807) is 19.5 Å². The molecule has 2 aromatic rings. The Morgan fingerprint density at radius 2 is 2.00 bits per heavy atom. The number of benzene rings is 1. The van der Waals surface area contributed by atoms with Crippen LogP contribution in [0.2, 0.25) is 0 Å². The Morgan fingerprint density at radius 3 is 2.68 bits per heavy atom. The van der Waals surface area contributed by atoms with Crippen LogP contribution >= 0.6 is 15.9 Å². The van der Waals surface area contributed by atoms with E-state index in [2.05, 4.69) is 20.9 Å². The lowest BCUT2D eigenvalue weighted by Crippen LogP contribution is -2.01. The van der Waals surface area contributed by atoms with Crippen LogP contribution in [0.4, 0.5) is 0 Å². The van der Waals surface area contributed by atoms with Crippen molar-refractivity contribution < 1.29 is 9.47 Å². The van der Waals surface area contributed by atoms with Crippen molar-refractivity contribution in [1.29, 1.82) is 0 Å². The molecule has 0 fully saturated rings. The first-order valence-electron chi connectivity index (χ1n) is 5.82. The normalized spacial score (nSPS) is 10.3. The molecule has 0 atom stereocenters. The highest BCUT2D eigenvalue weighted by Crippen LogP contribution is 2.28. The summed E-state index contributed by atoms with van der Waals surface area (Å²) >= 11 is 3.38. The highest BCUT2D eigenvalue weighted by atomic mass is 79.9. The van der Waals surface area contributed by atoms with Crippen LogP contribution in [0.1, 0.15) is 11.1 Å². The maximum atomic E-state index is 5.74. The third-order valence-corrected chi connectivity index (χ3v) is 3.05. The van der Waals surface area contributed by atoms with Crippen molar-refractivity contribution >= 4 is 15.9 Å². The van der Waals surface area contributed by atoms with E-state index in [1.807, 2.05) is 24.3 Å². The van der Waals surface area contributed by atoms with Gasteiger partial charge in [0, 0.05) is 29.0 Å². The van der Waals surface area contributed by atoms with Gasteiger partial charge in [0.2, 0.25) is 0 Å². The van der Waals surface area contributed by atoms with E-state index in [9.17, 15) is 0 Å². The van der Waals surface area contributed by atoms with Crippen LogP contribution in [0.25, 0.3) is 0 Å². The Balaban J connectivity index is 2.11. The zero-order valence-electron chi connectivity index (χ0n) is 10.6. The van der Waals surface area contributed by atoms with E-state index in [4.69, 9.17) is 15.2 Å². The number of nitrogens with zero attached hydrogens (tertiary/aromatic N) is 1. The summed E-state index contributed by atoms with van der Waals surface area (Å²) in [5.74, 6) is 1.38. The molecule has 0 aliphatic rings. The zero-order chi connectivity index (χ0) is 13.7. The summed E-state index contributed by atoms with van der Waals surface area (Å²) in [6, 6.07) is 7.64. The van der Waals surface area contributed by atoms with E-state index in [0.29, 0.717) is 24.7 Å². The van der Waals surface area contributed by atoms with Crippen LogP contribution < -0.4 is 15.2 Å². The van der Waals surface area contributed by atoms with Gasteiger partial charge in [-0.2, -0.15) is 0 Å². The summed E-state index contributed by atoms with van der Waals surface area (Å²) in [5, 5.41) is 0. The average molecular weight is 323 g/mol. The monoisotopic (exact) mass is 322 g/mol. The molecule has 0 amide bonds. The largest absolute Gasteiger partial charge is 0.493 e. The molecule has 0 aliphatic heterocycles. The summed E-state index contributed by atoms with van der Waals surface area (Å²) in [4.78, 5) is 4.09. The van der Waals surface area contributed by atoms with Gasteiger partial charge in [-0.05, 0) is 39.7 Å². The molecule has 0 saturated carbocycles. The molecule has 1 heterocycles. The second kappa shape index (κ2) is 6.54. The summed E-state index contributed by atoms with van der Waals surface area (Å²) in [6.07, 6.45) is 3.51. The van der Waals surface area contributed by atoms with Gasteiger partial charge in [0.1, 0.15) is 6.61 Å². The molecule has 0 unspecified atom stereocenters. The van der Waals surface area contributed by atoms with Crippen LogP contribution in [0.15, 0.2) is 41.1 Å². The fourth-order valence-electron chi connectivity index (χ4n) is 1.65. The van der Waals surface area contributed by atoms with Crippen molar-refractivity contribution in [3.05, 3.63) is 52.3 Å². The van der Waals surface area contributed by atoms with Gasteiger partial charge in [0.25, 0.3) is 0 Å². The first-order chi connectivity index (χ1) is 9.22. The lowest BCUT2D eigenvalue weighted by atomic mass is 10.2. The summed E-state index contributed by atoms with van der Waals surface area (Å²) in [7, 11) is 1.61. The fraction of sp³-hybridized carbons (Fsp3) is 0.214. The molecular formula is C14H15BrN2O2. The molecule has 0 radical (unpaired) electrons. The lowest BCUT2D eigenvalue weighted by molar-refractivity contribution is 0.284. The van der Waals surface area contributed by atoms with Crippen molar-refractivity contribution in [3.8, 4) is 11.5 Å². The van der Waals surface area contributed by atoms with E-state index in [1.165, 1.54) is 0 Å². The molecule has 100 valence electrons. The molecule has 0 spiro atoms. The summed E-state index contributed by atoms with van der Waals surface area (Å²) in [6.45, 7) is 0.914. The number of pyridine rings is 1. The van der Waals surface area contributed by atoms with Crippen LogP contribution in [0, 0.1) is 0 Å². The predicted molar refractivity (Wildman–Crippen MR) is 77.2 cm³/mol. The minimum Gasteiger partial charge on any atom is -0.493 e. The SMILES string of the molecule is COc1cc(CN)ccc1OCc1cncc(Br)c1. The molecule has 5 heteroatoms. The van der Waals surface area contributed by atoms with Crippen LogP contribution in [-0.4, -0.2) is 12.1 Å². The number of rotatable bonds is 5. The minimum atomic E-state index is 0.435. The van der Waals surface area contributed by atoms with Gasteiger partial charge in [-0.15, -0.1) is 0 Å². The number of methoxy groups -OCH3 is 1. The zero-order valence-corrected chi connectivity index (χ0v) is 12.2. The summed E-state index contributed by atoms with van der Waals surface area (Å²) in [5.41, 5.74) is 7.59. The number of nitrogens with two attached hydrogens (primary N) is 1. The maximum absolute atomic E-state index is 5.74. The molecule has 0 saturated heterocycles. The Hall–Kier alpha value is -1.59. The second-order valence-electron chi connectivity index (χ2n) is 3.99. The number of halogens is 1. The molecule has 2 N–H and O–H groups in total. The average Bonchev–Trinajstić information content (AvgIpc) is 2.45. The molecule has 1 aromatic carbocycles. The quantitative estimate of drug-likeness (QED) is 0.919. The van der Waals surface area contributed by atoms with Crippen LogP contribution in [0.5, 0.6) is 11.5 Å². The Labute approximate surface area is 120 Å². The van der Waals surface area contributed by atoms with Gasteiger partial charge in [-0.25, -0.2) is 0 Å². The minimum absolute atomic E-state index is 0.435. The van der Waals surface area contributed by atoms with E-state index in [-0.39, 0.29) is 0 Å². The van der Waals surface area contributed by atoms with Gasteiger partial charge in [0.15, 0.2) is 11.5 Å². The highest BCUT2D eigenvalue weighted by molar-refractivity contribution is 9.10. The van der Waals surface area contributed by atoms with E-state index >= 15 is 0 Å². The van der Waals surface area contributed by atoms with Gasteiger partial charge in [0.05, 0.1) is 7.11 Å². The Kier molecular flexibility index (Phi) is 4.76. The van der Waals surface area contributed by atoms with Gasteiger partial charge in [-0.1, -0.05) is 6.07 Å². The van der Waals surface area contributed by atoms with Gasteiger partial charge >= 0.3 is 0 Å². The highest BCUT2D eigenvalue weighted by Gasteiger charge is 2.06. The summed E-state index contributed by atoms with van der Waals surface area (Å²) < 4.78 is 12.0. The molecule has 1 aromatic heterocycles. The molecule has 2 rings (SSSR count). The first-order valence-corrected chi connectivity index (χ1v) is 6.61. The molecule has 0 aliphatic carbocycles. The van der Waals surface area contributed by atoms with E-state index < -0.39 is 0 Å². The molecular weight excluding hydrogens is 308 g/mol. The number of ether oxygens (including phenoxy) is 2. The number of hydrogen-bond donors (Lipinski definition) is 1. The van der Waals surface area contributed by atoms with Crippen LogP contribution in [0.3, 0.4) is 0 Å². The van der Waals surface area contributed by atoms with E-state index in [0.717, 1.165) is 15.6 Å². The van der Waals surface area contributed by atoms with Crippen molar-refractivity contribution in [1.82, 2.24) is 4.98 Å². The second-order valence-corrected chi connectivity index (χ2v) is 4.91. The van der Waals surface area contributed by atoms with Gasteiger partial charge in [-0.3, -0.25) is 4.98 Å². The van der Waals surface area contributed by atoms with Crippen LogP contribution in [-0.2, 0) is 13.2 Å².